The van der Waals surface area contributed by atoms with E-state index in [0.29, 0.717) is 0 Å². The number of ether oxygens (including phenoxy) is 2. The maximum Gasteiger partial charge on any atom is 0.213 e. The van der Waals surface area contributed by atoms with Gasteiger partial charge in [-0.1, -0.05) is 24.3 Å². The number of sulfone groups is 1. The van der Waals surface area contributed by atoms with Gasteiger partial charge in [0.1, 0.15) is 17.8 Å². The van der Waals surface area contributed by atoms with Gasteiger partial charge in [0.15, 0.2) is 5.94 Å². The fraction of sp³-hybridized carbons (Fsp3) is 0.200. The van der Waals surface area contributed by atoms with Crippen LogP contribution in [0.1, 0.15) is 0 Å². The molecule has 0 amide bonds. The van der Waals surface area contributed by atoms with Crippen LogP contribution in [0.15, 0.2) is 64.8 Å². The first-order valence-corrected chi connectivity index (χ1v) is 7.80. The van der Waals surface area contributed by atoms with E-state index in [0.717, 1.165) is 0 Å². The zero-order valence-corrected chi connectivity index (χ0v) is 12.2. The van der Waals surface area contributed by atoms with Crippen molar-refractivity contribution >= 4 is 15.8 Å². The summed E-state index contributed by atoms with van der Waals surface area (Å²) in [5.74, 6) is 1.49. The van der Waals surface area contributed by atoms with Gasteiger partial charge in [-0.25, -0.2) is 13.2 Å². The Hall–Kier alpha value is -2.14. The number of hydrogen-bond donors (Lipinski definition) is 0. The van der Waals surface area contributed by atoms with E-state index in [2.05, 4.69) is 0 Å². The van der Waals surface area contributed by atoms with E-state index in [1.54, 1.807) is 42.4 Å². The molecule has 6 heteroatoms. The first-order chi connectivity index (χ1) is 10.1. The lowest BCUT2D eigenvalue weighted by atomic mass is 10.0. The average molecular weight is 306 g/mol. The van der Waals surface area contributed by atoms with E-state index in [-0.39, 0.29) is 16.2 Å². The first-order valence-electron chi connectivity index (χ1n) is 6.15. The third-order valence-corrected chi connectivity index (χ3v) is 4.33. The number of rotatable bonds is 5. The lowest BCUT2D eigenvalue weighted by Gasteiger charge is -2.21. The van der Waals surface area contributed by atoms with Crippen molar-refractivity contribution in [2.45, 2.75) is 11.0 Å². The van der Waals surface area contributed by atoms with Gasteiger partial charge in [-0.3, -0.25) is 0 Å². The van der Waals surface area contributed by atoms with Crippen molar-refractivity contribution in [3.8, 4) is 0 Å². The van der Waals surface area contributed by atoms with Crippen molar-refractivity contribution in [2.75, 3.05) is 13.0 Å². The summed E-state index contributed by atoms with van der Waals surface area (Å²) in [7, 11) is -2.16. The summed E-state index contributed by atoms with van der Waals surface area (Å²) in [6.07, 6.45) is 3.95. The van der Waals surface area contributed by atoms with E-state index >= 15 is 0 Å². The van der Waals surface area contributed by atoms with Crippen molar-refractivity contribution < 1.29 is 22.7 Å². The normalized spacial score (nSPS) is 18.0. The predicted molar refractivity (Wildman–Crippen MR) is 76.8 cm³/mol. The van der Waals surface area contributed by atoms with Crippen LogP contribution in [0, 0.1) is 0 Å². The van der Waals surface area contributed by atoms with Crippen LogP contribution in [-0.2, 0) is 24.1 Å². The molecule has 5 nitrogen and oxygen atoms in total. The minimum atomic E-state index is -3.57. The van der Waals surface area contributed by atoms with Crippen LogP contribution in [-0.4, -0.2) is 33.5 Å². The topological polar surface area (TPSA) is 69.7 Å². The van der Waals surface area contributed by atoms with Crippen LogP contribution in [0.25, 0.3) is 0 Å². The number of methoxy groups -OCH3 is 1. The molecule has 1 atom stereocenters. The Bertz CT molecular complexity index is 710. The van der Waals surface area contributed by atoms with Crippen LogP contribution in [0.5, 0.6) is 0 Å². The molecule has 1 aliphatic carbocycles. The molecule has 0 aromatic heterocycles. The molecule has 2 rings (SSSR count). The molecule has 110 valence electrons. The monoisotopic (exact) mass is 306 g/mol. The molecule has 21 heavy (non-hydrogen) atoms. The zero-order chi connectivity index (χ0) is 15.3. The van der Waals surface area contributed by atoms with Gasteiger partial charge >= 0.3 is 0 Å². The Morgan fingerprint density at radius 2 is 1.95 bits per heavy atom. The second kappa shape index (κ2) is 6.54. The minimum absolute atomic E-state index is 0.178. The minimum Gasteiger partial charge on any atom is -0.479 e. The van der Waals surface area contributed by atoms with Gasteiger partial charge in [0.25, 0.3) is 0 Å². The van der Waals surface area contributed by atoms with E-state index < -0.39 is 21.9 Å². The van der Waals surface area contributed by atoms with Crippen molar-refractivity contribution in [3.63, 3.8) is 0 Å². The maximum atomic E-state index is 12.1. The van der Waals surface area contributed by atoms with Gasteiger partial charge < -0.3 is 9.47 Å². The number of hydrogen-bond acceptors (Lipinski definition) is 5. The Morgan fingerprint density at radius 1 is 1.24 bits per heavy atom. The molecule has 1 aromatic rings. The quantitative estimate of drug-likeness (QED) is 0.774. The number of benzene rings is 1. The Balaban J connectivity index is 2.14. The average Bonchev–Trinajstić information content (AvgIpc) is 2.53. The van der Waals surface area contributed by atoms with Crippen LogP contribution in [0.2, 0.25) is 0 Å². The molecule has 1 aliphatic rings. The lowest BCUT2D eigenvalue weighted by Crippen LogP contribution is -2.22. The van der Waals surface area contributed by atoms with E-state index in [9.17, 15) is 13.2 Å². The first kappa shape index (κ1) is 15.3. The lowest BCUT2D eigenvalue weighted by molar-refractivity contribution is 0.0990. The summed E-state index contributed by atoms with van der Waals surface area (Å²) >= 11 is 0. The van der Waals surface area contributed by atoms with Gasteiger partial charge in [0, 0.05) is 7.11 Å². The van der Waals surface area contributed by atoms with Crippen molar-refractivity contribution in [2.24, 2.45) is 0 Å². The molecule has 0 aliphatic heterocycles. The second-order valence-corrected chi connectivity index (χ2v) is 6.23. The molecule has 1 aromatic carbocycles. The largest absolute Gasteiger partial charge is 0.479 e. The molecule has 1 unspecified atom stereocenters. The summed E-state index contributed by atoms with van der Waals surface area (Å²) in [4.78, 5) is 11.0. The molecule has 0 heterocycles. The highest BCUT2D eigenvalue weighted by molar-refractivity contribution is 7.91. The molecule has 0 spiro atoms. The number of carbonyl (C=O) groups excluding carboxylic acids is 1. The van der Waals surface area contributed by atoms with Crippen molar-refractivity contribution in [1.82, 2.24) is 0 Å². The zero-order valence-electron chi connectivity index (χ0n) is 11.4. The fourth-order valence-electron chi connectivity index (χ4n) is 1.87. The molecule has 0 saturated heterocycles. The Labute approximate surface area is 123 Å². The standard InChI is InChI=1S/C15H14O5S/c1-19-15-12(10-16)6-5-9-14(15)20-11-21(17,18)13-7-3-2-4-8-13/h2-9,15H,11H2,1H3. The predicted octanol–water partition coefficient (Wildman–Crippen LogP) is 1.66. The SMILES string of the molecule is COC1C(=C=O)C=CC=C1OCS(=O)(=O)c1ccccc1. The van der Waals surface area contributed by atoms with Crippen molar-refractivity contribution in [1.29, 1.82) is 0 Å². The summed E-state index contributed by atoms with van der Waals surface area (Å²) < 4.78 is 34.7. The summed E-state index contributed by atoms with van der Waals surface area (Å²) in [5.41, 5.74) is 0.257. The summed E-state index contributed by atoms with van der Waals surface area (Å²) in [5, 5.41) is 0. The highest BCUT2D eigenvalue weighted by Crippen LogP contribution is 2.22. The molecule has 0 bridgehead atoms. The van der Waals surface area contributed by atoms with Crippen LogP contribution < -0.4 is 0 Å². The third kappa shape index (κ3) is 3.49. The van der Waals surface area contributed by atoms with Gasteiger partial charge in [0.05, 0.1) is 10.5 Å². The third-order valence-electron chi connectivity index (χ3n) is 2.91. The molecule has 0 saturated carbocycles. The molecule has 0 fully saturated rings. The number of allylic oxidation sites excluding steroid dienone is 2. The molecule has 0 radical (unpaired) electrons. The van der Waals surface area contributed by atoms with E-state index in [1.807, 2.05) is 0 Å². The second-order valence-electron chi connectivity index (χ2n) is 4.29. The molecule has 0 N–H and O–H groups in total. The van der Waals surface area contributed by atoms with Gasteiger partial charge in [-0.05, 0) is 24.3 Å². The molecular weight excluding hydrogens is 292 g/mol. The smallest absolute Gasteiger partial charge is 0.213 e. The summed E-state index contributed by atoms with van der Waals surface area (Å²) in [6.45, 7) is 0. The Morgan fingerprint density at radius 3 is 2.57 bits per heavy atom. The molecular formula is C15H14O5S. The fourth-order valence-corrected chi connectivity index (χ4v) is 2.87. The van der Waals surface area contributed by atoms with Crippen LogP contribution >= 0.6 is 0 Å². The Kier molecular flexibility index (Phi) is 4.75. The van der Waals surface area contributed by atoms with Crippen molar-refractivity contribution in [3.05, 3.63) is 59.9 Å². The van der Waals surface area contributed by atoms with E-state index in [1.165, 1.54) is 19.2 Å². The van der Waals surface area contributed by atoms with Crippen LogP contribution in [0.4, 0.5) is 0 Å². The van der Waals surface area contributed by atoms with Crippen LogP contribution in [0.3, 0.4) is 0 Å². The van der Waals surface area contributed by atoms with Gasteiger partial charge in [-0.2, -0.15) is 0 Å². The van der Waals surface area contributed by atoms with Gasteiger partial charge in [0.2, 0.25) is 9.84 Å². The van der Waals surface area contributed by atoms with E-state index in [4.69, 9.17) is 9.47 Å². The highest BCUT2D eigenvalue weighted by atomic mass is 32.2. The maximum absolute atomic E-state index is 12.1. The highest BCUT2D eigenvalue weighted by Gasteiger charge is 2.24. The summed E-state index contributed by atoms with van der Waals surface area (Å²) in [6, 6.07) is 8.01. The van der Waals surface area contributed by atoms with Gasteiger partial charge in [-0.15, -0.1) is 0 Å².